The number of rotatable bonds is 11. The van der Waals surface area contributed by atoms with Gasteiger partial charge in [-0.05, 0) is 54.7 Å². The molecular formula is C24H29NO3S. The lowest BCUT2D eigenvalue weighted by molar-refractivity contribution is 0.0702. The average Bonchev–Trinajstić information content (AvgIpc) is 3.38. The summed E-state index contributed by atoms with van der Waals surface area (Å²) in [5, 5.41) is 19.4. The van der Waals surface area contributed by atoms with Crippen LogP contribution < -0.4 is 0 Å². The number of thiophene rings is 1. The second-order valence-electron chi connectivity index (χ2n) is 7.40. The van der Waals surface area contributed by atoms with Crippen molar-refractivity contribution in [2.45, 2.75) is 58.1 Å². The van der Waals surface area contributed by atoms with Crippen molar-refractivity contribution in [1.82, 2.24) is 4.57 Å². The van der Waals surface area contributed by atoms with Crippen molar-refractivity contribution in [3.63, 3.8) is 0 Å². The van der Waals surface area contributed by atoms with E-state index >= 15 is 0 Å². The standard InChI is InChI=1S/C24H29NO3S/c1-2-3-4-9-22(26)19-12-10-18(11-13-19)21-8-6-17-25(21)16-5-7-20-14-15-23(29-20)24(27)28/h6,8,10-15,17,22,26H,2-5,7,9,16H2,1H3,(H,27,28). The van der Waals surface area contributed by atoms with Crippen molar-refractivity contribution in [2.75, 3.05) is 0 Å². The molecule has 0 saturated carbocycles. The number of aliphatic hydroxyl groups is 1. The number of aromatic carboxylic acids is 1. The maximum atomic E-state index is 11.0. The molecule has 5 heteroatoms. The van der Waals surface area contributed by atoms with Crippen molar-refractivity contribution in [2.24, 2.45) is 0 Å². The SMILES string of the molecule is CCCCCC(O)c1ccc(-c2cccn2CCCc2ccc(C(=O)O)s2)cc1. The molecule has 0 aliphatic carbocycles. The largest absolute Gasteiger partial charge is 0.477 e. The third kappa shape index (κ3) is 5.81. The molecule has 0 bridgehead atoms. The Kier molecular flexibility index (Phi) is 7.67. The molecule has 29 heavy (non-hydrogen) atoms. The quantitative estimate of drug-likeness (QED) is 0.371. The number of carboxylic acid groups (broad SMARTS) is 1. The van der Waals surface area contributed by atoms with Gasteiger partial charge >= 0.3 is 5.97 Å². The number of benzene rings is 1. The Morgan fingerprint density at radius 1 is 1.07 bits per heavy atom. The average molecular weight is 412 g/mol. The van der Waals surface area contributed by atoms with Crippen molar-refractivity contribution in [3.05, 3.63) is 70.0 Å². The molecule has 2 N–H and O–H groups in total. The van der Waals surface area contributed by atoms with Gasteiger partial charge in [0.1, 0.15) is 4.88 Å². The Morgan fingerprint density at radius 2 is 1.86 bits per heavy atom. The van der Waals surface area contributed by atoms with Gasteiger partial charge in [-0.1, -0.05) is 50.5 Å². The molecule has 3 aromatic rings. The summed E-state index contributed by atoms with van der Waals surface area (Å²) in [7, 11) is 0. The first kappa shape index (κ1) is 21.3. The van der Waals surface area contributed by atoms with E-state index in [2.05, 4.69) is 42.0 Å². The van der Waals surface area contributed by atoms with E-state index in [1.165, 1.54) is 11.3 Å². The zero-order chi connectivity index (χ0) is 20.6. The first-order chi connectivity index (χ1) is 14.1. The van der Waals surface area contributed by atoms with Gasteiger partial charge in [0.15, 0.2) is 0 Å². The highest BCUT2D eigenvalue weighted by molar-refractivity contribution is 7.13. The molecule has 0 aliphatic heterocycles. The number of aliphatic hydroxyl groups excluding tert-OH is 1. The van der Waals surface area contributed by atoms with E-state index in [4.69, 9.17) is 5.11 Å². The van der Waals surface area contributed by atoms with Crippen molar-refractivity contribution in [3.8, 4) is 11.3 Å². The number of aryl methyl sites for hydroxylation is 2. The number of unbranched alkanes of at least 4 members (excludes halogenated alkanes) is 2. The highest BCUT2D eigenvalue weighted by Gasteiger charge is 2.10. The van der Waals surface area contributed by atoms with Gasteiger partial charge in [-0.2, -0.15) is 0 Å². The normalized spacial score (nSPS) is 12.2. The van der Waals surface area contributed by atoms with E-state index in [-0.39, 0.29) is 6.10 Å². The highest BCUT2D eigenvalue weighted by Crippen LogP contribution is 2.26. The Hall–Kier alpha value is -2.37. The van der Waals surface area contributed by atoms with Crippen LogP contribution in [0.3, 0.4) is 0 Å². The van der Waals surface area contributed by atoms with Gasteiger partial charge in [-0.3, -0.25) is 0 Å². The number of hydrogen-bond donors (Lipinski definition) is 2. The third-order valence-corrected chi connectivity index (χ3v) is 6.33. The number of carboxylic acids is 1. The fraction of sp³-hybridized carbons (Fsp3) is 0.375. The predicted molar refractivity (Wildman–Crippen MR) is 119 cm³/mol. The third-order valence-electron chi connectivity index (χ3n) is 5.20. The fourth-order valence-corrected chi connectivity index (χ4v) is 4.44. The maximum absolute atomic E-state index is 11.0. The lowest BCUT2D eigenvalue weighted by Gasteiger charge is -2.13. The van der Waals surface area contributed by atoms with Crippen LogP contribution in [0.15, 0.2) is 54.7 Å². The molecule has 154 valence electrons. The summed E-state index contributed by atoms with van der Waals surface area (Å²) in [5.41, 5.74) is 3.29. The van der Waals surface area contributed by atoms with Gasteiger partial charge in [0.2, 0.25) is 0 Å². The van der Waals surface area contributed by atoms with E-state index in [1.807, 2.05) is 18.2 Å². The van der Waals surface area contributed by atoms with Crippen LogP contribution >= 0.6 is 11.3 Å². The van der Waals surface area contributed by atoms with Crippen LogP contribution in [0.5, 0.6) is 0 Å². The van der Waals surface area contributed by atoms with Gasteiger partial charge in [-0.25, -0.2) is 4.79 Å². The number of nitrogens with zero attached hydrogens (tertiary/aromatic N) is 1. The van der Waals surface area contributed by atoms with Crippen LogP contribution in [0.25, 0.3) is 11.3 Å². The second-order valence-corrected chi connectivity index (χ2v) is 8.56. The topological polar surface area (TPSA) is 62.5 Å². The van der Waals surface area contributed by atoms with Gasteiger partial charge in [0.25, 0.3) is 0 Å². The molecule has 3 rings (SSSR count). The minimum Gasteiger partial charge on any atom is -0.477 e. The molecule has 0 fully saturated rings. The van der Waals surface area contributed by atoms with Gasteiger partial charge in [0.05, 0.1) is 6.10 Å². The Bertz CT molecular complexity index is 910. The zero-order valence-corrected chi connectivity index (χ0v) is 17.7. The first-order valence-corrected chi connectivity index (χ1v) is 11.2. The number of hydrogen-bond acceptors (Lipinski definition) is 3. The van der Waals surface area contributed by atoms with Gasteiger partial charge in [0, 0.05) is 23.3 Å². The molecule has 0 saturated heterocycles. The van der Waals surface area contributed by atoms with Crippen molar-refractivity contribution < 1.29 is 15.0 Å². The number of carbonyl (C=O) groups is 1. The van der Waals surface area contributed by atoms with Gasteiger partial charge in [-0.15, -0.1) is 11.3 Å². The van der Waals surface area contributed by atoms with E-state index in [1.54, 1.807) is 6.07 Å². The molecule has 0 aliphatic rings. The summed E-state index contributed by atoms with van der Waals surface area (Å²) in [6.45, 7) is 3.05. The van der Waals surface area contributed by atoms with E-state index in [0.29, 0.717) is 4.88 Å². The molecule has 2 heterocycles. The summed E-state index contributed by atoms with van der Waals surface area (Å²) in [6.07, 6.45) is 7.72. The Morgan fingerprint density at radius 3 is 2.55 bits per heavy atom. The second kappa shape index (κ2) is 10.4. The van der Waals surface area contributed by atoms with Crippen LogP contribution in [0, 0.1) is 0 Å². The van der Waals surface area contributed by atoms with Crippen LogP contribution in [0.1, 0.15) is 65.2 Å². The smallest absolute Gasteiger partial charge is 0.345 e. The Labute approximate surface area is 176 Å². The maximum Gasteiger partial charge on any atom is 0.345 e. The molecular weight excluding hydrogens is 382 g/mol. The lowest BCUT2D eigenvalue weighted by atomic mass is 10.0. The molecule has 2 aromatic heterocycles. The molecule has 4 nitrogen and oxygen atoms in total. The summed E-state index contributed by atoms with van der Waals surface area (Å²) in [5.74, 6) is -0.854. The molecule has 1 aromatic carbocycles. The van der Waals surface area contributed by atoms with Crippen LogP contribution in [0.2, 0.25) is 0 Å². The molecule has 0 spiro atoms. The van der Waals surface area contributed by atoms with Crippen LogP contribution in [-0.4, -0.2) is 20.7 Å². The van der Waals surface area contributed by atoms with Crippen molar-refractivity contribution >= 4 is 17.3 Å². The predicted octanol–water partition coefficient (Wildman–Crippen LogP) is 6.16. The fourth-order valence-electron chi connectivity index (χ4n) is 3.55. The monoisotopic (exact) mass is 411 g/mol. The summed E-state index contributed by atoms with van der Waals surface area (Å²) < 4.78 is 2.23. The molecule has 1 atom stereocenters. The van der Waals surface area contributed by atoms with Gasteiger partial charge < -0.3 is 14.8 Å². The summed E-state index contributed by atoms with van der Waals surface area (Å²) in [6, 6.07) is 16.0. The number of aromatic nitrogens is 1. The van der Waals surface area contributed by atoms with Crippen LogP contribution in [-0.2, 0) is 13.0 Å². The lowest BCUT2D eigenvalue weighted by Crippen LogP contribution is -2.01. The summed E-state index contributed by atoms with van der Waals surface area (Å²) in [4.78, 5) is 12.5. The zero-order valence-electron chi connectivity index (χ0n) is 16.9. The van der Waals surface area contributed by atoms with E-state index < -0.39 is 5.97 Å². The molecule has 0 radical (unpaired) electrons. The van der Waals surface area contributed by atoms with E-state index in [0.717, 1.165) is 66.8 Å². The molecule has 1 unspecified atom stereocenters. The van der Waals surface area contributed by atoms with E-state index in [9.17, 15) is 9.90 Å². The summed E-state index contributed by atoms with van der Waals surface area (Å²) >= 11 is 1.36. The molecule has 0 amide bonds. The van der Waals surface area contributed by atoms with Crippen LogP contribution in [0.4, 0.5) is 0 Å². The minimum absolute atomic E-state index is 0.385. The Balaban J connectivity index is 1.58. The first-order valence-electron chi connectivity index (χ1n) is 10.3. The highest BCUT2D eigenvalue weighted by atomic mass is 32.1. The minimum atomic E-state index is -0.854. The van der Waals surface area contributed by atoms with Crippen molar-refractivity contribution in [1.29, 1.82) is 0 Å².